The third kappa shape index (κ3) is 2.37. The molecular formula is C10H11NO. The van der Waals surface area contributed by atoms with Gasteiger partial charge in [-0.15, -0.1) is 6.42 Å². The SMILES string of the molecule is C#CC(O)Cc1ccc(C)nc1. The Morgan fingerprint density at radius 3 is 2.92 bits per heavy atom. The fourth-order valence-corrected chi connectivity index (χ4v) is 0.901. The van der Waals surface area contributed by atoms with E-state index in [-0.39, 0.29) is 0 Å². The fraction of sp³-hybridized carbons (Fsp3) is 0.300. The second kappa shape index (κ2) is 3.89. The lowest BCUT2D eigenvalue weighted by Crippen LogP contribution is -2.06. The molecule has 0 saturated carbocycles. The summed E-state index contributed by atoms with van der Waals surface area (Å²) in [6.07, 6.45) is 6.54. The van der Waals surface area contributed by atoms with E-state index in [2.05, 4.69) is 10.9 Å². The highest BCUT2D eigenvalue weighted by Gasteiger charge is 2.00. The second-order valence-electron chi connectivity index (χ2n) is 2.69. The number of terminal acetylenes is 1. The molecule has 1 atom stereocenters. The molecule has 0 amide bonds. The van der Waals surface area contributed by atoms with Gasteiger partial charge in [0.25, 0.3) is 0 Å². The van der Waals surface area contributed by atoms with E-state index in [0.29, 0.717) is 6.42 Å². The predicted molar refractivity (Wildman–Crippen MR) is 47.5 cm³/mol. The van der Waals surface area contributed by atoms with Crippen LogP contribution < -0.4 is 0 Å². The lowest BCUT2D eigenvalue weighted by molar-refractivity contribution is 0.233. The maximum absolute atomic E-state index is 9.12. The van der Waals surface area contributed by atoms with E-state index in [4.69, 9.17) is 11.5 Å². The van der Waals surface area contributed by atoms with E-state index in [1.54, 1.807) is 6.20 Å². The standard InChI is InChI=1S/C10H11NO/c1-3-10(12)6-9-5-4-8(2)11-7-9/h1,4-5,7,10,12H,6H2,2H3. The number of hydrogen-bond donors (Lipinski definition) is 1. The van der Waals surface area contributed by atoms with Crippen molar-refractivity contribution in [3.8, 4) is 12.3 Å². The van der Waals surface area contributed by atoms with Crippen LogP contribution >= 0.6 is 0 Å². The van der Waals surface area contributed by atoms with Crippen LogP contribution in [0.5, 0.6) is 0 Å². The van der Waals surface area contributed by atoms with Gasteiger partial charge in [-0.3, -0.25) is 4.98 Å². The maximum Gasteiger partial charge on any atom is 0.118 e. The minimum absolute atomic E-state index is 0.476. The third-order valence-electron chi connectivity index (χ3n) is 1.59. The third-order valence-corrected chi connectivity index (χ3v) is 1.59. The Bertz CT molecular complexity index is 284. The van der Waals surface area contributed by atoms with Crippen LogP contribution in [0.4, 0.5) is 0 Å². The quantitative estimate of drug-likeness (QED) is 0.654. The largest absolute Gasteiger partial charge is 0.380 e. The van der Waals surface area contributed by atoms with Gasteiger partial charge >= 0.3 is 0 Å². The molecule has 1 N–H and O–H groups in total. The smallest absolute Gasteiger partial charge is 0.118 e. The van der Waals surface area contributed by atoms with Crippen molar-refractivity contribution in [1.29, 1.82) is 0 Å². The first-order valence-electron chi connectivity index (χ1n) is 3.78. The summed E-state index contributed by atoms with van der Waals surface area (Å²) in [4.78, 5) is 4.09. The number of aryl methyl sites for hydroxylation is 1. The van der Waals surface area contributed by atoms with E-state index in [9.17, 15) is 0 Å². The Labute approximate surface area is 72.3 Å². The Morgan fingerprint density at radius 2 is 2.42 bits per heavy atom. The van der Waals surface area contributed by atoms with Gasteiger partial charge in [-0.25, -0.2) is 0 Å². The van der Waals surface area contributed by atoms with E-state index in [0.717, 1.165) is 11.3 Å². The van der Waals surface area contributed by atoms with Crippen LogP contribution in [0.1, 0.15) is 11.3 Å². The van der Waals surface area contributed by atoms with Crippen LogP contribution in [-0.2, 0) is 6.42 Å². The van der Waals surface area contributed by atoms with Gasteiger partial charge in [0.15, 0.2) is 0 Å². The van der Waals surface area contributed by atoms with Crippen LogP contribution in [0, 0.1) is 19.3 Å². The fourth-order valence-electron chi connectivity index (χ4n) is 0.901. The summed E-state index contributed by atoms with van der Waals surface area (Å²) >= 11 is 0. The molecule has 0 radical (unpaired) electrons. The Morgan fingerprint density at radius 1 is 1.67 bits per heavy atom. The molecule has 1 aromatic heterocycles. The number of hydrogen-bond acceptors (Lipinski definition) is 2. The molecule has 0 saturated heterocycles. The van der Waals surface area contributed by atoms with Crippen molar-refractivity contribution < 1.29 is 5.11 Å². The van der Waals surface area contributed by atoms with Gasteiger partial charge < -0.3 is 5.11 Å². The number of rotatable bonds is 2. The molecule has 1 rings (SSSR count). The molecule has 0 spiro atoms. The van der Waals surface area contributed by atoms with Crippen molar-refractivity contribution in [2.45, 2.75) is 19.4 Å². The van der Waals surface area contributed by atoms with Gasteiger partial charge in [0.1, 0.15) is 6.10 Å². The van der Waals surface area contributed by atoms with Crippen molar-refractivity contribution in [2.75, 3.05) is 0 Å². The van der Waals surface area contributed by atoms with Gasteiger partial charge in [0, 0.05) is 18.3 Å². The van der Waals surface area contributed by atoms with E-state index in [1.165, 1.54) is 0 Å². The molecule has 1 unspecified atom stereocenters. The second-order valence-corrected chi connectivity index (χ2v) is 2.69. The molecule has 12 heavy (non-hydrogen) atoms. The number of aromatic nitrogens is 1. The van der Waals surface area contributed by atoms with Gasteiger partial charge in [-0.2, -0.15) is 0 Å². The van der Waals surface area contributed by atoms with Crippen molar-refractivity contribution in [1.82, 2.24) is 4.98 Å². The summed E-state index contributed by atoms with van der Waals surface area (Å²) in [5, 5.41) is 9.12. The van der Waals surface area contributed by atoms with Crippen molar-refractivity contribution in [3.63, 3.8) is 0 Å². The minimum atomic E-state index is -0.700. The summed E-state index contributed by atoms with van der Waals surface area (Å²) in [6, 6.07) is 3.82. The molecule has 2 heteroatoms. The molecule has 0 fully saturated rings. The normalized spacial score (nSPS) is 12.1. The molecular weight excluding hydrogens is 150 g/mol. The molecule has 0 aliphatic heterocycles. The number of aliphatic hydroxyl groups is 1. The first-order valence-corrected chi connectivity index (χ1v) is 3.78. The van der Waals surface area contributed by atoms with Crippen LogP contribution in [0.15, 0.2) is 18.3 Å². The van der Waals surface area contributed by atoms with Gasteiger partial charge in [0.2, 0.25) is 0 Å². The van der Waals surface area contributed by atoms with E-state index >= 15 is 0 Å². The summed E-state index contributed by atoms with van der Waals surface area (Å²) in [7, 11) is 0. The lowest BCUT2D eigenvalue weighted by Gasteiger charge is -2.02. The van der Waals surface area contributed by atoms with Crippen LogP contribution in [-0.4, -0.2) is 16.2 Å². The zero-order chi connectivity index (χ0) is 8.97. The Kier molecular flexibility index (Phi) is 2.84. The molecule has 62 valence electrons. The molecule has 1 aromatic rings. The Hall–Kier alpha value is -1.33. The average Bonchev–Trinajstić information content (AvgIpc) is 2.09. The highest BCUT2D eigenvalue weighted by Crippen LogP contribution is 2.02. The molecule has 2 nitrogen and oxygen atoms in total. The number of aliphatic hydroxyl groups excluding tert-OH is 1. The molecule has 0 bridgehead atoms. The summed E-state index contributed by atoms with van der Waals surface area (Å²) in [6.45, 7) is 1.92. The first kappa shape index (κ1) is 8.76. The number of nitrogens with zero attached hydrogens (tertiary/aromatic N) is 1. The maximum atomic E-state index is 9.12. The van der Waals surface area contributed by atoms with Gasteiger partial charge in [-0.05, 0) is 18.6 Å². The Balaban J connectivity index is 2.66. The first-order chi connectivity index (χ1) is 5.72. The lowest BCUT2D eigenvalue weighted by atomic mass is 10.1. The molecule has 1 heterocycles. The zero-order valence-electron chi connectivity index (χ0n) is 6.99. The zero-order valence-corrected chi connectivity index (χ0v) is 6.99. The highest BCUT2D eigenvalue weighted by atomic mass is 16.3. The molecule has 0 aromatic carbocycles. The van der Waals surface area contributed by atoms with Crippen LogP contribution in [0.25, 0.3) is 0 Å². The van der Waals surface area contributed by atoms with Crippen LogP contribution in [0.3, 0.4) is 0 Å². The molecule has 0 aliphatic rings. The predicted octanol–water partition coefficient (Wildman–Crippen LogP) is 0.927. The van der Waals surface area contributed by atoms with E-state index in [1.807, 2.05) is 19.1 Å². The minimum Gasteiger partial charge on any atom is -0.380 e. The van der Waals surface area contributed by atoms with Crippen molar-refractivity contribution in [3.05, 3.63) is 29.6 Å². The van der Waals surface area contributed by atoms with Gasteiger partial charge in [-0.1, -0.05) is 12.0 Å². The van der Waals surface area contributed by atoms with Gasteiger partial charge in [0.05, 0.1) is 0 Å². The van der Waals surface area contributed by atoms with Crippen molar-refractivity contribution in [2.24, 2.45) is 0 Å². The highest BCUT2D eigenvalue weighted by molar-refractivity contribution is 5.16. The van der Waals surface area contributed by atoms with Crippen LogP contribution in [0.2, 0.25) is 0 Å². The summed E-state index contributed by atoms with van der Waals surface area (Å²) in [5.74, 6) is 2.26. The molecule has 0 aliphatic carbocycles. The topological polar surface area (TPSA) is 33.1 Å². The monoisotopic (exact) mass is 161 g/mol. The average molecular weight is 161 g/mol. The van der Waals surface area contributed by atoms with E-state index < -0.39 is 6.10 Å². The summed E-state index contributed by atoms with van der Waals surface area (Å²) < 4.78 is 0. The van der Waals surface area contributed by atoms with Crippen molar-refractivity contribution >= 4 is 0 Å². The number of pyridine rings is 1. The summed E-state index contributed by atoms with van der Waals surface area (Å²) in [5.41, 5.74) is 1.93.